The van der Waals surface area contributed by atoms with E-state index in [1.807, 2.05) is 0 Å². The van der Waals surface area contributed by atoms with Crippen molar-refractivity contribution in [3.05, 3.63) is 59.9 Å². The Morgan fingerprint density at radius 3 is 3.05 bits per heavy atom. The molecule has 0 radical (unpaired) electrons. The number of fused-ring (bicyclic) bond motifs is 1. The van der Waals surface area contributed by atoms with E-state index < -0.39 is 11.7 Å². The molecule has 3 aromatic rings. The molecule has 0 saturated carbocycles. The number of hydrogen-bond acceptors (Lipinski definition) is 4. The van der Waals surface area contributed by atoms with Crippen LogP contribution in [0.2, 0.25) is 0 Å². The van der Waals surface area contributed by atoms with E-state index >= 15 is 0 Å². The van der Waals surface area contributed by atoms with Crippen molar-refractivity contribution >= 4 is 17.1 Å². The predicted molar refractivity (Wildman–Crippen MR) is 72.1 cm³/mol. The average molecular weight is 281 g/mol. The summed E-state index contributed by atoms with van der Waals surface area (Å²) in [6.45, 7) is 0. The molecule has 1 N–H and O–H groups in total. The second kappa shape index (κ2) is 5.02. The third-order valence-corrected chi connectivity index (χ3v) is 2.91. The molecule has 0 bridgehead atoms. The maximum absolute atomic E-state index is 13.2. The monoisotopic (exact) mass is 281 g/mol. The molecule has 6 nitrogen and oxygen atoms in total. The van der Waals surface area contributed by atoms with E-state index in [1.54, 1.807) is 18.5 Å². The SMILES string of the molecule is N#Cc1cc(NC(=O)c2cnn3ccncc23)ccc1F. The Balaban J connectivity index is 1.92. The smallest absolute Gasteiger partial charge is 0.259 e. The highest BCUT2D eigenvalue weighted by atomic mass is 19.1. The van der Waals surface area contributed by atoms with Crippen molar-refractivity contribution < 1.29 is 9.18 Å². The van der Waals surface area contributed by atoms with Gasteiger partial charge in [0.05, 0.1) is 29.0 Å². The van der Waals surface area contributed by atoms with Crippen LogP contribution in [0.1, 0.15) is 15.9 Å². The lowest BCUT2D eigenvalue weighted by Gasteiger charge is -2.04. The number of nitrogens with one attached hydrogen (secondary N) is 1. The van der Waals surface area contributed by atoms with Crippen LogP contribution in [-0.4, -0.2) is 20.5 Å². The molecule has 7 heteroatoms. The number of anilines is 1. The lowest BCUT2D eigenvalue weighted by molar-refractivity contribution is 0.102. The van der Waals surface area contributed by atoms with E-state index in [2.05, 4.69) is 15.4 Å². The van der Waals surface area contributed by atoms with Crippen molar-refractivity contribution in [2.24, 2.45) is 0 Å². The summed E-state index contributed by atoms with van der Waals surface area (Å²) in [5.41, 5.74) is 1.10. The van der Waals surface area contributed by atoms with Crippen LogP contribution < -0.4 is 5.32 Å². The Morgan fingerprint density at radius 2 is 2.24 bits per heavy atom. The van der Waals surface area contributed by atoms with E-state index in [0.717, 1.165) is 6.07 Å². The first kappa shape index (κ1) is 12.7. The van der Waals surface area contributed by atoms with Crippen molar-refractivity contribution in [3.63, 3.8) is 0 Å². The summed E-state index contributed by atoms with van der Waals surface area (Å²) in [5.74, 6) is -1.04. The fourth-order valence-electron chi connectivity index (χ4n) is 1.90. The Morgan fingerprint density at radius 1 is 1.38 bits per heavy atom. The molecule has 2 heterocycles. The van der Waals surface area contributed by atoms with Crippen molar-refractivity contribution in [1.82, 2.24) is 14.6 Å². The number of nitriles is 1. The van der Waals surface area contributed by atoms with E-state index in [1.165, 1.54) is 29.0 Å². The van der Waals surface area contributed by atoms with Crippen LogP contribution in [0, 0.1) is 17.1 Å². The fraction of sp³-hybridized carbons (Fsp3) is 0. The normalized spacial score (nSPS) is 10.3. The van der Waals surface area contributed by atoms with Gasteiger partial charge in [-0.1, -0.05) is 0 Å². The number of hydrogen-bond donors (Lipinski definition) is 1. The lowest BCUT2D eigenvalue weighted by atomic mass is 10.2. The van der Waals surface area contributed by atoms with Crippen LogP contribution in [0.3, 0.4) is 0 Å². The van der Waals surface area contributed by atoms with Gasteiger partial charge in [-0.15, -0.1) is 0 Å². The molecule has 0 spiro atoms. The second-order valence-electron chi connectivity index (χ2n) is 4.22. The molecule has 102 valence electrons. The van der Waals surface area contributed by atoms with E-state index in [0.29, 0.717) is 16.8 Å². The van der Waals surface area contributed by atoms with Gasteiger partial charge in [0.1, 0.15) is 11.9 Å². The van der Waals surface area contributed by atoms with Crippen LogP contribution in [0.25, 0.3) is 5.52 Å². The maximum atomic E-state index is 13.2. The van der Waals surface area contributed by atoms with E-state index in [4.69, 9.17) is 5.26 Å². The van der Waals surface area contributed by atoms with Gasteiger partial charge in [-0.3, -0.25) is 9.78 Å². The van der Waals surface area contributed by atoms with Gasteiger partial charge < -0.3 is 5.32 Å². The molecule has 1 amide bonds. The highest BCUT2D eigenvalue weighted by Gasteiger charge is 2.13. The molecule has 0 saturated heterocycles. The summed E-state index contributed by atoms with van der Waals surface area (Å²) in [7, 11) is 0. The molecule has 0 fully saturated rings. The number of carbonyl (C=O) groups is 1. The van der Waals surface area contributed by atoms with Crippen LogP contribution >= 0.6 is 0 Å². The third-order valence-electron chi connectivity index (χ3n) is 2.91. The molecule has 0 unspecified atom stereocenters. The lowest BCUT2D eigenvalue weighted by Crippen LogP contribution is -2.12. The minimum atomic E-state index is -0.629. The highest BCUT2D eigenvalue weighted by Crippen LogP contribution is 2.16. The minimum absolute atomic E-state index is 0.130. The minimum Gasteiger partial charge on any atom is -0.322 e. The average Bonchev–Trinajstić information content (AvgIpc) is 2.93. The molecular weight excluding hydrogens is 273 g/mol. The van der Waals surface area contributed by atoms with E-state index in [-0.39, 0.29) is 5.56 Å². The molecule has 0 aliphatic heterocycles. The zero-order valence-electron chi connectivity index (χ0n) is 10.6. The molecule has 1 aromatic carbocycles. The maximum Gasteiger partial charge on any atom is 0.259 e. The van der Waals surface area contributed by atoms with Gasteiger partial charge >= 0.3 is 0 Å². The Bertz CT molecular complexity index is 880. The molecule has 21 heavy (non-hydrogen) atoms. The van der Waals surface area contributed by atoms with Gasteiger partial charge in [-0.25, -0.2) is 8.91 Å². The number of amides is 1. The first-order chi connectivity index (χ1) is 10.2. The summed E-state index contributed by atoms with van der Waals surface area (Å²) in [6, 6.07) is 5.51. The van der Waals surface area contributed by atoms with Gasteiger partial charge in [0.25, 0.3) is 5.91 Å². The Labute approximate surface area is 118 Å². The Kier molecular flexibility index (Phi) is 3.04. The number of carbonyl (C=O) groups excluding carboxylic acids is 1. The Hall–Kier alpha value is -3.27. The van der Waals surface area contributed by atoms with Crippen molar-refractivity contribution in [1.29, 1.82) is 5.26 Å². The van der Waals surface area contributed by atoms with Crippen molar-refractivity contribution in [3.8, 4) is 6.07 Å². The van der Waals surface area contributed by atoms with Crippen molar-refractivity contribution in [2.75, 3.05) is 5.32 Å². The standard InChI is InChI=1S/C14H8FN5O/c15-12-2-1-10(5-9(12)6-16)19-14(21)11-7-18-20-4-3-17-8-13(11)20/h1-5,7-8H,(H,19,21). The summed E-state index contributed by atoms with van der Waals surface area (Å²) in [6.07, 6.45) is 6.12. The quantitative estimate of drug-likeness (QED) is 0.778. The molecule has 0 aliphatic carbocycles. The zero-order valence-corrected chi connectivity index (χ0v) is 10.6. The van der Waals surface area contributed by atoms with Crippen molar-refractivity contribution in [2.45, 2.75) is 0 Å². The first-order valence-corrected chi connectivity index (χ1v) is 5.97. The number of benzene rings is 1. The van der Waals surface area contributed by atoms with Gasteiger partial charge in [-0.2, -0.15) is 10.4 Å². The van der Waals surface area contributed by atoms with Crippen LogP contribution in [0.15, 0.2) is 43.0 Å². The first-order valence-electron chi connectivity index (χ1n) is 5.97. The van der Waals surface area contributed by atoms with Crippen LogP contribution in [-0.2, 0) is 0 Å². The summed E-state index contributed by atoms with van der Waals surface area (Å²) in [4.78, 5) is 16.1. The van der Waals surface area contributed by atoms with Gasteiger partial charge in [-0.05, 0) is 18.2 Å². The van der Waals surface area contributed by atoms with Gasteiger partial charge in [0, 0.05) is 18.1 Å². The topological polar surface area (TPSA) is 83.1 Å². The zero-order chi connectivity index (χ0) is 14.8. The van der Waals surface area contributed by atoms with Crippen LogP contribution in [0.5, 0.6) is 0 Å². The summed E-state index contributed by atoms with van der Waals surface area (Å²) < 4.78 is 14.8. The summed E-state index contributed by atoms with van der Waals surface area (Å²) >= 11 is 0. The number of rotatable bonds is 2. The molecule has 0 atom stereocenters. The molecule has 0 aliphatic rings. The third kappa shape index (κ3) is 2.30. The largest absolute Gasteiger partial charge is 0.322 e. The molecule has 2 aromatic heterocycles. The molecular formula is C14H8FN5O. The van der Waals surface area contributed by atoms with Crippen LogP contribution in [0.4, 0.5) is 10.1 Å². The summed E-state index contributed by atoms with van der Waals surface area (Å²) in [5, 5.41) is 15.4. The highest BCUT2D eigenvalue weighted by molar-refractivity contribution is 6.08. The number of halogens is 1. The van der Waals surface area contributed by atoms with E-state index in [9.17, 15) is 9.18 Å². The fourth-order valence-corrected chi connectivity index (χ4v) is 1.90. The molecule has 3 rings (SSSR count). The number of aromatic nitrogens is 3. The second-order valence-corrected chi connectivity index (χ2v) is 4.22. The van der Waals surface area contributed by atoms with Gasteiger partial charge in [0.2, 0.25) is 0 Å². The van der Waals surface area contributed by atoms with Gasteiger partial charge in [0.15, 0.2) is 0 Å². The predicted octanol–water partition coefficient (Wildman–Crippen LogP) is 1.99. The number of nitrogens with zero attached hydrogens (tertiary/aromatic N) is 4.